The van der Waals surface area contributed by atoms with E-state index in [0.717, 1.165) is 39.5 Å². The van der Waals surface area contributed by atoms with Crippen LogP contribution in [0.4, 0.5) is 4.39 Å². The van der Waals surface area contributed by atoms with Gasteiger partial charge in [0, 0.05) is 73.2 Å². The van der Waals surface area contributed by atoms with E-state index in [1.807, 2.05) is 40.0 Å². The fraction of sp³-hybridized carbons (Fsp3) is 0.425. The van der Waals surface area contributed by atoms with Crippen molar-refractivity contribution in [2.24, 2.45) is 11.8 Å². The quantitative estimate of drug-likeness (QED) is 0.129. The third-order valence-corrected chi connectivity index (χ3v) is 9.93. The summed E-state index contributed by atoms with van der Waals surface area (Å²) in [4.78, 5) is 38.8. The van der Waals surface area contributed by atoms with Crippen molar-refractivity contribution in [1.82, 2.24) is 20.1 Å². The van der Waals surface area contributed by atoms with Gasteiger partial charge in [0.25, 0.3) is 5.91 Å². The third kappa shape index (κ3) is 8.89. The van der Waals surface area contributed by atoms with Gasteiger partial charge < -0.3 is 35.1 Å². The standard InChI is InChI=1S/C40H49FN4O6/c1-6-34-30(32-21-31(24(2)3)37(47)22-38(32)48)9-8-29(39(49)43-34)20-27-7-10-35-28(19-27)11-14-44(35)16-18-51-17-13-25(4)36(46)12-15-45-23-33(41)40(50)42-26(45)5/h7,10-11,14,19,21-25,29,47-48H,5-6,8-9,12-13,15-18,20H2,1-4H3,(H,42,50)(H,43,49). The van der Waals surface area contributed by atoms with Gasteiger partial charge in [-0.1, -0.05) is 40.3 Å². The summed E-state index contributed by atoms with van der Waals surface area (Å²) in [6, 6.07) is 11.6. The van der Waals surface area contributed by atoms with Crippen LogP contribution in [0.3, 0.4) is 0 Å². The average molecular weight is 701 g/mol. The largest absolute Gasteiger partial charge is 0.508 e. The van der Waals surface area contributed by atoms with E-state index in [9.17, 15) is 29.0 Å². The number of benzene rings is 2. The predicted molar refractivity (Wildman–Crippen MR) is 195 cm³/mol. The molecular formula is C40H49FN4O6. The van der Waals surface area contributed by atoms with Gasteiger partial charge in [-0.15, -0.1) is 0 Å². The number of ketones is 1. The van der Waals surface area contributed by atoms with Gasteiger partial charge in [0.1, 0.15) is 23.1 Å². The van der Waals surface area contributed by atoms with E-state index in [1.165, 1.54) is 11.0 Å². The second-order valence-corrected chi connectivity index (χ2v) is 13.8. The highest BCUT2D eigenvalue weighted by Gasteiger charge is 2.28. The molecule has 0 bridgehead atoms. The molecule has 0 fully saturated rings. The number of amides is 2. The lowest BCUT2D eigenvalue weighted by molar-refractivity contribution is -0.124. The summed E-state index contributed by atoms with van der Waals surface area (Å²) in [6.07, 6.45) is 6.32. The van der Waals surface area contributed by atoms with Crippen molar-refractivity contribution >= 4 is 34.1 Å². The van der Waals surface area contributed by atoms with Crippen LogP contribution in [0.2, 0.25) is 0 Å². The first kappa shape index (κ1) is 37.4. The van der Waals surface area contributed by atoms with Crippen LogP contribution in [0.25, 0.3) is 16.5 Å². The first-order valence-corrected chi connectivity index (χ1v) is 17.8. The summed E-state index contributed by atoms with van der Waals surface area (Å²) < 4.78 is 21.6. The molecule has 3 aromatic rings. The molecule has 2 aliphatic rings. The summed E-state index contributed by atoms with van der Waals surface area (Å²) in [5.41, 5.74) is 5.28. The number of halogens is 1. The maximum atomic E-state index is 13.6. The number of aromatic hydroxyl groups is 2. The third-order valence-electron chi connectivity index (χ3n) is 9.93. The molecule has 0 aliphatic carbocycles. The van der Waals surface area contributed by atoms with Gasteiger partial charge in [-0.25, -0.2) is 0 Å². The topological polar surface area (TPSA) is 133 Å². The Morgan fingerprint density at radius 3 is 2.59 bits per heavy atom. The van der Waals surface area contributed by atoms with Crippen LogP contribution in [0.15, 0.2) is 72.7 Å². The lowest BCUT2D eigenvalue weighted by Crippen LogP contribution is -2.38. The number of carbonyl (C=O) groups excluding carboxylic acids is 3. The normalized spacial score (nSPS) is 17.5. The van der Waals surface area contributed by atoms with Gasteiger partial charge in [-0.3, -0.25) is 14.4 Å². The molecule has 0 saturated heterocycles. The second-order valence-electron chi connectivity index (χ2n) is 13.8. The van der Waals surface area contributed by atoms with Crippen LogP contribution in [0.5, 0.6) is 11.5 Å². The van der Waals surface area contributed by atoms with Crippen molar-refractivity contribution in [3.63, 3.8) is 0 Å². The number of phenolic OH excluding ortho intramolecular Hbond substituents is 2. The monoisotopic (exact) mass is 700 g/mol. The van der Waals surface area contributed by atoms with E-state index in [4.69, 9.17) is 4.74 Å². The first-order chi connectivity index (χ1) is 24.4. The maximum Gasteiger partial charge on any atom is 0.287 e. The zero-order chi connectivity index (χ0) is 36.8. The van der Waals surface area contributed by atoms with Crippen molar-refractivity contribution in [2.75, 3.05) is 19.8 Å². The molecule has 2 amide bonds. The molecule has 5 rings (SSSR count). The van der Waals surface area contributed by atoms with Crippen LogP contribution in [-0.4, -0.2) is 57.0 Å². The number of fused-ring (bicyclic) bond motifs is 1. The molecule has 0 saturated carbocycles. The van der Waals surface area contributed by atoms with E-state index < -0.39 is 11.7 Å². The van der Waals surface area contributed by atoms with E-state index in [1.54, 1.807) is 0 Å². The maximum absolute atomic E-state index is 13.6. The number of nitrogens with one attached hydrogen (secondary N) is 2. The summed E-state index contributed by atoms with van der Waals surface area (Å²) in [5.74, 6) is -1.78. The Bertz CT molecular complexity index is 1880. The highest BCUT2D eigenvalue weighted by Crippen LogP contribution is 2.40. The summed E-state index contributed by atoms with van der Waals surface area (Å²) in [6.45, 7) is 13.3. The summed E-state index contributed by atoms with van der Waals surface area (Å²) in [7, 11) is 0. The molecular weight excluding hydrogens is 651 g/mol. The number of ether oxygens (including phenoxy) is 1. The summed E-state index contributed by atoms with van der Waals surface area (Å²) >= 11 is 0. The Morgan fingerprint density at radius 1 is 1.06 bits per heavy atom. The van der Waals surface area contributed by atoms with Crippen molar-refractivity contribution in [1.29, 1.82) is 0 Å². The minimum absolute atomic E-state index is 0.0124. The Kier molecular flexibility index (Phi) is 12.0. The fourth-order valence-corrected chi connectivity index (χ4v) is 6.77. The SMILES string of the molecule is C=C1NC(=O)C(F)=CN1CCC(=O)C(C)CCOCCn1ccc2cc(CC3CCC(c4cc(C(C)C)c(O)cc4O)=C(CC)NC3=O)ccc21. The number of hydrogen-bond donors (Lipinski definition) is 4. The number of allylic oxidation sites excluding steroid dienone is 2. The van der Waals surface area contributed by atoms with E-state index >= 15 is 0 Å². The minimum atomic E-state index is -0.913. The van der Waals surface area contributed by atoms with Gasteiger partial charge in [0.05, 0.1) is 6.61 Å². The number of phenols is 2. The summed E-state index contributed by atoms with van der Waals surface area (Å²) in [5, 5.41) is 27.7. The molecule has 51 heavy (non-hydrogen) atoms. The molecule has 1 aromatic heterocycles. The molecule has 2 aromatic carbocycles. The zero-order valence-corrected chi connectivity index (χ0v) is 29.9. The van der Waals surface area contributed by atoms with Gasteiger partial charge in [-0.2, -0.15) is 4.39 Å². The Morgan fingerprint density at radius 2 is 1.84 bits per heavy atom. The Balaban J connectivity index is 1.11. The molecule has 11 heteroatoms. The van der Waals surface area contributed by atoms with Gasteiger partial charge >= 0.3 is 0 Å². The number of carbonyl (C=O) groups is 3. The van der Waals surface area contributed by atoms with Crippen molar-refractivity contribution in [3.8, 4) is 11.5 Å². The van der Waals surface area contributed by atoms with Crippen molar-refractivity contribution < 1.29 is 33.7 Å². The lowest BCUT2D eigenvalue weighted by atomic mass is 9.89. The molecule has 0 radical (unpaired) electrons. The zero-order valence-electron chi connectivity index (χ0n) is 29.9. The number of aromatic nitrogens is 1. The van der Waals surface area contributed by atoms with Gasteiger partial charge in [0.2, 0.25) is 11.7 Å². The second kappa shape index (κ2) is 16.4. The highest BCUT2D eigenvalue weighted by atomic mass is 19.1. The first-order valence-electron chi connectivity index (χ1n) is 17.8. The number of Topliss-reactive ketones (excluding diaryl/α,β-unsaturated/α-hetero) is 1. The van der Waals surface area contributed by atoms with Crippen molar-refractivity contribution in [2.45, 2.75) is 78.7 Å². The molecule has 3 heterocycles. The average Bonchev–Trinajstić information content (AvgIpc) is 3.42. The van der Waals surface area contributed by atoms with Gasteiger partial charge in [-0.05, 0) is 84.4 Å². The number of nitrogens with zero attached hydrogens (tertiary/aromatic N) is 2. The Labute approximate surface area is 298 Å². The van der Waals surface area contributed by atoms with Gasteiger partial charge in [0.15, 0.2) is 0 Å². The Hall–Kier alpha value is -4.90. The lowest BCUT2D eigenvalue weighted by Gasteiger charge is -2.26. The highest BCUT2D eigenvalue weighted by molar-refractivity contribution is 5.93. The van der Waals surface area contributed by atoms with Crippen LogP contribution >= 0.6 is 0 Å². The van der Waals surface area contributed by atoms with Crippen LogP contribution in [-0.2, 0) is 32.1 Å². The predicted octanol–water partition coefficient (Wildman–Crippen LogP) is 6.78. The molecule has 4 N–H and O–H groups in total. The molecule has 2 aliphatic heterocycles. The molecule has 0 spiro atoms. The van der Waals surface area contributed by atoms with Crippen LogP contribution < -0.4 is 10.6 Å². The molecule has 2 atom stereocenters. The molecule has 10 nitrogen and oxygen atoms in total. The van der Waals surface area contributed by atoms with Crippen LogP contribution in [0.1, 0.15) is 82.4 Å². The number of hydrogen-bond acceptors (Lipinski definition) is 7. The smallest absolute Gasteiger partial charge is 0.287 e. The minimum Gasteiger partial charge on any atom is -0.508 e. The van der Waals surface area contributed by atoms with Crippen molar-refractivity contribution in [3.05, 3.63) is 89.4 Å². The van der Waals surface area contributed by atoms with E-state index in [2.05, 4.69) is 46.0 Å². The fourth-order valence-electron chi connectivity index (χ4n) is 6.77. The van der Waals surface area contributed by atoms with Crippen LogP contribution in [0, 0.1) is 11.8 Å². The van der Waals surface area contributed by atoms with E-state index in [0.29, 0.717) is 57.4 Å². The molecule has 272 valence electrons. The van der Waals surface area contributed by atoms with E-state index in [-0.39, 0.29) is 59.7 Å². The number of rotatable bonds is 15. The molecule has 2 unspecified atom stereocenters.